The fourth-order valence-corrected chi connectivity index (χ4v) is 2.41. The molecule has 22 heavy (non-hydrogen) atoms. The van der Waals surface area contributed by atoms with Gasteiger partial charge < -0.3 is 9.90 Å². The van der Waals surface area contributed by atoms with Gasteiger partial charge in [0, 0.05) is 43.3 Å². The van der Waals surface area contributed by atoms with Gasteiger partial charge in [-0.2, -0.15) is 0 Å². The van der Waals surface area contributed by atoms with E-state index in [2.05, 4.69) is 4.99 Å². The van der Waals surface area contributed by atoms with Gasteiger partial charge in [-0.25, -0.2) is 9.79 Å². The molecule has 0 aliphatic carbocycles. The molecule has 4 amide bonds. The van der Waals surface area contributed by atoms with Crippen LogP contribution in [0, 0.1) is 5.92 Å². The Bertz CT molecular complexity index is 537. The SMILES string of the molecule is CN1C(=O)C(C=[NH+][C@@H](CC[S@@](C)=O)C(=O)[O-])C(=O)N(C)C1=O. The number of carbonyl (C=O) groups is 4. The fraction of sp³-hybridized carbons (Fsp3) is 0.583. The molecule has 0 bridgehead atoms. The van der Waals surface area contributed by atoms with Crippen molar-refractivity contribution in [2.24, 2.45) is 5.92 Å². The van der Waals surface area contributed by atoms with E-state index in [9.17, 15) is 28.5 Å². The summed E-state index contributed by atoms with van der Waals surface area (Å²) in [6, 6.07) is -1.93. The van der Waals surface area contributed by atoms with Crippen LogP contribution in [-0.4, -0.2) is 76.2 Å². The van der Waals surface area contributed by atoms with Gasteiger partial charge in [-0.3, -0.25) is 23.6 Å². The Morgan fingerprint density at radius 1 is 1.32 bits per heavy atom. The molecule has 0 radical (unpaired) electrons. The maximum atomic E-state index is 11.9. The van der Waals surface area contributed by atoms with Gasteiger partial charge in [-0.1, -0.05) is 0 Å². The standard InChI is InChI=1S/C12H17N3O6S/c1-14-9(16)7(10(17)15(2)12(14)20)6-13-8(11(18)19)4-5-22(3)21/h6-8H,4-5H2,1-3H3,(H,18,19)/t8-,22+/m0/s1. The number of rotatable bonds is 6. The van der Waals surface area contributed by atoms with Crippen molar-refractivity contribution in [3.8, 4) is 0 Å². The van der Waals surface area contributed by atoms with Crippen LogP contribution in [0.1, 0.15) is 6.42 Å². The highest BCUT2D eigenvalue weighted by Gasteiger charge is 2.43. The smallest absolute Gasteiger partial charge is 0.332 e. The highest BCUT2D eigenvalue weighted by atomic mass is 32.2. The van der Waals surface area contributed by atoms with Gasteiger partial charge >= 0.3 is 6.03 Å². The Hall–Kier alpha value is -2.10. The first kappa shape index (κ1) is 18.0. The van der Waals surface area contributed by atoms with Crippen molar-refractivity contribution in [1.29, 1.82) is 0 Å². The van der Waals surface area contributed by atoms with Crippen molar-refractivity contribution in [2.75, 3.05) is 26.1 Å². The topological polar surface area (TPSA) is 129 Å². The Morgan fingerprint density at radius 3 is 2.23 bits per heavy atom. The fourth-order valence-electron chi connectivity index (χ4n) is 1.84. The van der Waals surface area contributed by atoms with Gasteiger partial charge in [0.25, 0.3) is 11.8 Å². The number of hydrogen-bond acceptors (Lipinski definition) is 6. The van der Waals surface area contributed by atoms with Crippen molar-refractivity contribution in [3.05, 3.63) is 0 Å². The molecular weight excluding hydrogens is 314 g/mol. The zero-order valence-corrected chi connectivity index (χ0v) is 13.2. The number of nitrogens with one attached hydrogen (secondary N) is 1. The van der Waals surface area contributed by atoms with Crippen molar-refractivity contribution in [1.82, 2.24) is 9.80 Å². The molecule has 0 spiro atoms. The molecule has 0 aromatic carbocycles. The number of carboxylic acids is 1. The molecule has 1 rings (SSSR count). The first-order valence-corrected chi connectivity index (χ1v) is 8.09. The van der Waals surface area contributed by atoms with E-state index in [0.717, 1.165) is 16.0 Å². The van der Waals surface area contributed by atoms with E-state index in [0.29, 0.717) is 0 Å². The van der Waals surface area contributed by atoms with E-state index in [-0.39, 0.29) is 12.2 Å². The highest BCUT2D eigenvalue weighted by molar-refractivity contribution is 7.84. The summed E-state index contributed by atoms with van der Waals surface area (Å²) in [5, 5.41) is 11.0. The molecule has 0 aromatic rings. The van der Waals surface area contributed by atoms with Gasteiger partial charge in [0.1, 0.15) is 5.97 Å². The van der Waals surface area contributed by atoms with E-state index >= 15 is 0 Å². The molecule has 10 heteroatoms. The van der Waals surface area contributed by atoms with Crippen LogP contribution in [0.15, 0.2) is 0 Å². The van der Waals surface area contributed by atoms with Gasteiger partial charge in [-0.15, -0.1) is 0 Å². The molecule has 0 unspecified atom stereocenters. The second-order valence-electron chi connectivity index (χ2n) is 4.83. The molecule has 1 aliphatic rings. The Kier molecular flexibility index (Phi) is 5.92. The number of carbonyl (C=O) groups excluding carboxylic acids is 4. The zero-order chi connectivity index (χ0) is 17.0. The van der Waals surface area contributed by atoms with E-state index in [4.69, 9.17) is 0 Å². The van der Waals surface area contributed by atoms with E-state index in [1.54, 1.807) is 0 Å². The molecule has 9 nitrogen and oxygen atoms in total. The summed E-state index contributed by atoms with van der Waals surface area (Å²) in [5.41, 5.74) is 0. The normalized spacial score (nSPS) is 19.9. The van der Waals surface area contributed by atoms with Gasteiger partial charge in [0.15, 0.2) is 18.2 Å². The summed E-state index contributed by atoms with van der Waals surface area (Å²) in [7, 11) is 1.27. The van der Waals surface area contributed by atoms with Crippen LogP contribution >= 0.6 is 0 Å². The minimum atomic E-state index is -1.44. The molecule has 0 saturated carbocycles. The summed E-state index contributed by atoms with van der Waals surface area (Å²) in [5.74, 6) is -4.12. The third-order valence-electron chi connectivity index (χ3n) is 3.21. The van der Waals surface area contributed by atoms with Gasteiger partial charge in [0.2, 0.25) is 0 Å². The Morgan fingerprint density at radius 2 is 1.82 bits per heavy atom. The third kappa shape index (κ3) is 3.97. The predicted molar refractivity (Wildman–Crippen MR) is 73.8 cm³/mol. The number of carboxylic acid groups (broad SMARTS) is 1. The Labute approximate surface area is 129 Å². The summed E-state index contributed by atoms with van der Waals surface area (Å²) in [6.45, 7) is 0. The summed E-state index contributed by atoms with van der Waals surface area (Å²) in [4.78, 5) is 50.4. The highest BCUT2D eigenvalue weighted by Crippen LogP contribution is 2.12. The molecule has 1 aliphatic heterocycles. The van der Waals surface area contributed by atoms with E-state index in [1.807, 2.05) is 0 Å². The lowest BCUT2D eigenvalue weighted by molar-refractivity contribution is -0.503. The molecule has 1 fully saturated rings. The van der Waals surface area contributed by atoms with Crippen LogP contribution in [0.5, 0.6) is 0 Å². The van der Waals surface area contributed by atoms with Crippen molar-refractivity contribution >= 4 is 40.8 Å². The quantitative estimate of drug-likeness (QED) is 0.387. The van der Waals surface area contributed by atoms with Crippen LogP contribution in [-0.2, 0) is 25.2 Å². The van der Waals surface area contributed by atoms with Gasteiger partial charge in [0.05, 0.1) is 0 Å². The minimum absolute atomic E-state index is 0.0155. The Balaban J connectivity index is 2.91. The van der Waals surface area contributed by atoms with Crippen molar-refractivity contribution in [2.45, 2.75) is 12.5 Å². The lowest BCUT2D eigenvalue weighted by atomic mass is 10.1. The average molecular weight is 331 g/mol. The number of hydrogen-bond donors (Lipinski definition) is 1. The number of barbiturate groups is 1. The number of aliphatic carboxylic acids is 1. The molecule has 122 valence electrons. The number of nitrogens with zero attached hydrogens (tertiary/aromatic N) is 2. The molecule has 0 aromatic heterocycles. The van der Waals surface area contributed by atoms with Crippen LogP contribution in [0.3, 0.4) is 0 Å². The van der Waals surface area contributed by atoms with Crippen LogP contribution < -0.4 is 10.1 Å². The maximum absolute atomic E-state index is 11.9. The molecule has 1 N–H and O–H groups in total. The van der Waals surface area contributed by atoms with Gasteiger partial charge in [-0.05, 0) is 0 Å². The van der Waals surface area contributed by atoms with E-state index < -0.39 is 46.6 Å². The lowest BCUT2D eigenvalue weighted by Gasteiger charge is -2.30. The van der Waals surface area contributed by atoms with E-state index in [1.165, 1.54) is 20.4 Å². The van der Waals surface area contributed by atoms with Crippen LogP contribution in [0.4, 0.5) is 4.79 Å². The predicted octanol–water partition coefficient (Wildman–Crippen LogP) is -4.31. The first-order valence-electron chi connectivity index (χ1n) is 6.36. The average Bonchev–Trinajstić information content (AvgIpc) is 2.45. The van der Waals surface area contributed by atoms with Crippen LogP contribution in [0.25, 0.3) is 0 Å². The second-order valence-corrected chi connectivity index (χ2v) is 6.38. The number of urea groups is 1. The van der Waals surface area contributed by atoms with Crippen molar-refractivity contribution < 1.29 is 33.5 Å². The van der Waals surface area contributed by atoms with Crippen LogP contribution in [0.2, 0.25) is 0 Å². The molecule has 1 saturated heterocycles. The summed E-state index contributed by atoms with van der Waals surface area (Å²) >= 11 is 0. The minimum Gasteiger partial charge on any atom is -0.543 e. The van der Waals surface area contributed by atoms with Crippen molar-refractivity contribution in [3.63, 3.8) is 0 Å². The molecular formula is C12H17N3O6S. The molecule has 2 atom stereocenters. The molecule has 1 heterocycles. The summed E-state index contributed by atoms with van der Waals surface area (Å²) < 4.78 is 11.0. The largest absolute Gasteiger partial charge is 0.543 e. The first-order chi connectivity index (χ1) is 10.2. The second kappa shape index (κ2) is 7.25. The zero-order valence-electron chi connectivity index (χ0n) is 12.4. The third-order valence-corrected chi connectivity index (χ3v) is 4.02. The summed E-state index contributed by atoms with van der Waals surface area (Å²) in [6.07, 6.45) is 2.48. The number of amides is 4. The number of imide groups is 2. The maximum Gasteiger partial charge on any atom is 0.332 e. The monoisotopic (exact) mass is 331 g/mol. The lowest BCUT2D eigenvalue weighted by Crippen LogP contribution is -2.82.